The van der Waals surface area contributed by atoms with Crippen molar-refractivity contribution in [2.45, 2.75) is 65.7 Å². The maximum Gasteiger partial charge on any atom is 0.0343 e. The molecule has 2 saturated carbocycles. The largest absolute Gasteiger partial charge is 0.264 e. The van der Waals surface area contributed by atoms with Crippen LogP contribution < -0.4 is 0 Å². The van der Waals surface area contributed by atoms with Crippen molar-refractivity contribution in [3.8, 4) is 0 Å². The van der Waals surface area contributed by atoms with Gasteiger partial charge in [-0.05, 0) is 96.7 Å². The minimum Gasteiger partial charge on any atom is -0.264 e. The Bertz CT molecular complexity index is 760. The average Bonchev–Trinajstić information content (AvgIpc) is 3.00. The summed E-state index contributed by atoms with van der Waals surface area (Å²) < 4.78 is 0. The number of hydrogen-bond donors (Lipinski definition) is 0. The summed E-state index contributed by atoms with van der Waals surface area (Å²) in [5.41, 5.74) is 5.62. The van der Waals surface area contributed by atoms with Gasteiger partial charge in [0.25, 0.3) is 0 Å². The van der Waals surface area contributed by atoms with Crippen molar-refractivity contribution in [1.82, 2.24) is 4.98 Å². The molecule has 4 aliphatic carbocycles. The quantitative estimate of drug-likeness (QED) is 0.517. The Kier molecular flexibility index (Phi) is 3.75. The molecule has 6 atom stereocenters. The number of rotatable bonds is 1. The van der Waals surface area contributed by atoms with Crippen LogP contribution in [0.5, 0.6) is 0 Å². The molecule has 0 aliphatic heterocycles. The zero-order chi connectivity index (χ0) is 17.9. The molecule has 26 heavy (non-hydrogen) atoms. The molecule has 0 bridgehead atoms. The summed E-state index contributed by atoms with van der Waals surface area (Å²) in [5, 5.41) is 0. The van der Waals surface area contributed by atoms with Gasteiger partial charge in [0.2, 0.25) is 0 Å². The second-order valence-corrected chi connectivity index (χ2v) is 10.2. The van der Waals surface area contributed by atoms with E-state index in [1.54, 1.807) is 5.57 Å². The van der Waals surface area contributed by atoms with Gasteiger partial charge in [-0.2, -0.15) is 0 Å². The molecule has 0 amide bonds. The van der Waals surface area contributed by atoms with E-state index in [0.717, 1.165) is 23.7 Å². The van der Waals surface area contributed by atoms with Crippen LogP contribution in [0.25, 0.3) is 5.57 Å². The second-order valence-electron chi connectivity index (χ2n) is 10.2. The molecule has 0 saturated heterocycles. The minimum absolute atomic E-state index is 0.355. The third-order valence-electron chi connectivity index (χ3n) is 8.90. The van der Waals surface area contributed by atoms with Crippen molar-refractivity contribution in [3.63, 3.8) is 0 Å². The molecule has 4 unspecified atom stereocenters. The maximum absolute atomic E-state index is 4.40. The van der Waals surface area contributed by atoms with Crippen LogP contribution in [0.15, 0.2) is 42.3 Å². The molecule has 1 nitrogen and oxygen atoms in total. The van der Waals surface area contributed by atoms with E-state index in [9.17, 15) is 0 Å². The van der Waals surface area contributed by atoms with Gasteiger partial charge in [0.05, 0.1) is 0 Å². The van der Waals surface area contributed by atoms with Crippen LogP contribution in [0, 0.1) is 34.5 Å². The molecule has 1 heterocycles. The number of nitrogens with zero attached hydrogens (tertiary/aromatic N) is 1. The highest BCUT2D eigenvalue weighted by atomic mass is 14.6. The summed E-state index contributed by atoms with van der Waals surface area (Å²) in [4.78, 5) is 4.40. The van der Waals surface area contributed by atoms with Crippen LogP contribution in [-0.4, -0.2) is 4.98 Å². The first-order chi connectivity index (χ1) is 12.5. The van der Waals surface area contributed by atoms with E-state index in [-0.39, 0.29) is 0 Å². The lowest BCUT2D eigenvalue weighted by Gasteiger charge is -2.58. The average molecular weight is 348 g/mol. The number of aromatic nitrogens is 1. The van der Waals surface area contributed by atoms with Crippen molar-refractivity contribution in [3.05, 3.63) is 47.8 Å². The zero-order valence-electron chi connectivity index (χ0n) is 16.7. The van der Waals surface area contributed by atoms with Gasteiger partial charge in [-0.3, -0.25) is 4.98 Å². The smallest absolute Gasteiger partial charge is 0.0343 e. The summed E-state index contributed by atoms with van der Waals surface area (Å²) in [5.74, 6) is 3.51. The molecule has 0 N–H and O–H groups in total. The Hall–Kier alpha value is -1.37. The highest BCUT2D eigenvalue weighted by Crippen LogP contribution is 2.66. The third-order valence-corrected chi connectivity index (χ3v) is 8.90. The number of fused-ring (bicyclic) bond motifs is 5. The van der Waals surface area contributed by atoms with Gasteiger partial charge in [0, 0.05) is 12.4 Å². The lowest BCUT2D eigenvalue weighted by molar-refractivity contribution is -0.0137. The molecule has 138 valence electrons. The van der Waals surface area contributed by atoms with Crippen LogP contribution in [0.3, 0.4) is 0 Å². The van der Waals surface area contributed by atoms with Crippen LogP contribution >= 0.6 is 0 Å². The van der Waals surface area contributed by atoms with Crippen LogP contribution in [0.4, 0.5) is 0 Å². The SMILES string of the molecule is C[C@H]1CCC2(C)C(=CCC3C2CC[C@]2(C)C(c4cccnc4)=CCC32)C1. The van der Waals surface area contributed by atoms with E-state index < -0.39 is 0 Å². The fourth-order valence-corrected chi connectivity index (χ4v) is 7.38. The summed E-state index contributed by atoms with van der Waals surface area (Å²) in [6.45, 7) is 7.63. The molecule has 0 aromatic carbocycles. The molecule has 0 radical (unpaired) electrons. The fraction of sp³-hybridized carbons (Fsp3) is 0.640. The predicted molar refractivity (Wildman–Crippen MR) is 108 cm³/mol. The molecule has 4 aliphatic rings. The fourth-order valence-electron chi connectivity index (χ4n) is 7.38. The molecular formula is C25H33N. The highest BCUT2D eigenvalue weighted by molar-refractivity contribution is 5.72. The number of allylic oxidation sites excluding steroid dienone is 4. The molecule has 5 rings (SSSR count). The summed E-state index contributed by atoms with van der Waals surface area (Å²) in [6.07, 6.45) is 18.8. The van der Waals surface area contributed by atoms with E-state index >= 15 is 0 Å². The topological polar surface area (TPSA) is 12.9 Å². The Morgan fingerprint density at radius 1 is 1.00 bits per heavy atom. The lowest BCUT2D eigenvalue weighted by Crippen LogP contribution is -2.49. The van der Waals surface area contributed by atoms with Crippen molar-refractivity contribution in [2.75, 3.05) is 0 Å². The Morgan fingerprint density at radius 3 is 2.65 bits per heavy atom. The Balaban J connectivity index is 1.48. The van der Waals surface area contributed by atoms with Gasteiger partial charge in [-0.15, -0.1) is 0 Å². The Morgan fingerprint density at radius 2 is 1.85 bits per heavy atom. The first-order valence-electron chi connectivity index (χ1n) is 10.8. The van der Waals surface area contributed by atoms with E-state index in [1.165, 1.54) is 50.5 Å². The predicted octanol–water partition coefficient (Wildman–Crippen LogP) is 6.67. The number of hydrogen-bond acceptors (Lipinski definition) is 1. The highest BCUT2D eigenvalue weighted by Gasteiger charge is 2.56. The van der Waals surface area contributed by atoms with Gasteiger partial charge in [0.1, 0.15) is 0 Å². The van der Waals surface area contributed by atoms with Gasteiger partial charge < -0.3 is 0 Å². The minimum atomic E-state index is 0.355. The second kappa shape index (κ2) is 5.81. The summed E-state index contributed by atoms with van der Waals surface area (Å²) in [7, 11) is 0. The van der Waals surface area contributed by atoms with Gasteiger partial charge in [-0.25, -0.2) is 0 Å². The standard InChI is InChI=1S/C25H33N/c1-17-10-12-24(2)19(15-17)6-7-20-22-9-8-21(18-5-4-14-26-16-18)25(22,3)13-11-23(20)24/h4-6,8,14,16-17,20,22-23H,7,9-13,15H2,1-3H3/t17-,20?,22?,23?,24?,25+/m0/s1. The van der Waals surface area contributed by atoms with Crippen LogP contribution in [0.1, 0.15) is 71.3 Å². The third kappa shape index (κ3) is 2.25. The first kappa shape index (κ1) is 16.8. The molecule has 0 spiro atoms. The van der Waals surface area contributed by atoms with Crippen LogP contribution in [-0.2, 0) is 0 Å². The zero-order valence-corrected chi connectivity index (χ0v) is 16.7. The normalized spacial score (nSPS) is 44.4. The van der Waals surface area contributed by atoms with Gasteiger partial charge >= 0.3 is 0 Å². The monoisotopic (exact) mass is 347 g/mol. The molecular weight excluding hydrogens is 314 g/mol. The van der Waals surface area contributed by atoms with Crippen molar-refractivity contribution >= 4 is 5.57 Å². The maximum atomic E-state index is 4.40. The summed E-state index contributed by atoms with van der Waals surface area (Å²) >= 11 is 0. The molecule has 2 fully saturated rings. The van der Waals surface area contributed by atoms with E-state index in [0.29, 0.717) is 10.8 Å². The van der Waals surface area contributed by atoms with Crippen molar-refractivity contribution < 1.29 is 0 Å². The molecule has 1 heteroatoms. The number of pyridine rings is 1. The molecule has 1 aromatic rings. The Labute approximate surface area is 159 Å². The lowest BCUT2D eigenvalue weighted by atomic mass is 9.47. The summed E-state index contributed by atoms with van der Waals surface area (Å²) in [6, 6.07) is 4.36. The van der Waals surface area contributed by atoms with Crippen molar-refractivity contribution in [2.24, 2.45) is 34.5 Å². The van der Waals surface area contributed by atoms with Gasteiger partial charge in [0.15, 0.2) is 0 Å². The van der Waals surface area contributed by atoms with Gasteiger partial charge in [-0.1, -0.05) is 44.6 Å². The van der Waals surface area contributed by atoms with E-state index in [2.05, 4.69) is 56.2 Å². The first-order valence-corrected chi connectivity index (χ1v) is 10.8. The molecule has 1 aromatic heterocycles. The van der Waals surface area contributed by atoms with Crippen molar-refractivity contribution in [1.29, 1.82) is 0 Å². The van der Waals surface area contributed by atoms with Crippen LogP contribution in [0.2, 0.25) is 0 Å². The van der Waals surface area contributed by atoms with E-state index in [4.69, 9.17) is 0 Å². The van der Waals surface area contributed by atoms with E-state index in [1.807, 2.05) is 11.8 Å².